The van der Waals surface area contributed by atoms with E-state index in [9.17, 15) is 10.1 Å². The van der Waals surface area contributed by atoms with Gasteiger partial charge in [0.15, 0.2) is 0 Å². The molecule has 0 N–H and O–H groups in total. The molecule has 1 saturated heterocycles. The summed E-state index contributed by atoms with van der Waals surface area (Å²) in [6.45, 7) is 7.09. The molecule has 7 heteroatoms. The Kier molecular flexibility index (Phi) is 3.39. The van der Waals surface area contributed by atoms with Crippen LogP contribution in [0.5, 0.6) is 0 Å². The molecule has 17 heavy (non-hydrogen) atoms. The second-order valence-electron chi connectivity index (χ2n) is 4.15. The Bertz CT molecular complexity index is 423. The second-order valence-corrected chi connectivity index (χ2v) is 4.15. The maximum absolute atomic E-state index is 10.9. The number of morpholine rings is 1. The zero-order chi connectivity index (χ0) is 12.4. The van der Waals surface area contributed by atoms with Gasteiger partial charge in [-0.2, -0.15) is 5.10 Å². The summed E-state index contributed by atoms with van der Waals surface area (Å²) in [6.07, 6.45) is 0. The quantitative estimate of drug-likeness (QED) is 0.574. The number of rotatable bonds is 3. The van der Waals surface area contributed by atoms with Crippen molar-refractivity contribution in [2.75, 3.05) is 26.3 Å². The summed E-state index contributed by atoms with van der Waals surface area (Å²) in [4.78, 5) is 12.7. The van der Waals surface area contributed by atoms with Gasteiger partial charge in [-0.05, 0) is 13.8 Å². The normalized spacial score (nSPS) is 17.3. The number of aryl methyl sites for hydroxylation is 1. The zero-order valence-electron chi connectivity index (χ0n) is 10.0. The van der Waals surface area contributed by atoms with E-state index in [0.29, 0.717) is 31.3 Å². The molecule has 1 fully saturated rings. The fourth-order valence-electron chi connectivity index (χ4n) is 2.02. The molecular weight excluding hydrogens is 224 g/mol. The summed E-state index contributed by atoms with van der Waals surface area (Å²) in [5.74, 6) is 0. The van der Waals surface area contributed by atoms with Gasteiger partial charge in [0.2, 0.25) is 0 Å². The molecule has 2 heterocycles. The van der Waals surface area contributed by atoms with Crippen LogP contribution in [-0.4, -0.2) is 45.9 Å². The first kappa shape index (κ1) is 12.0. The van der Waals surface area contributed by atoms with Crippen molar-refractivity contribution in [3.63, 3.8) is 0 Å². The summed E-state index contributed by atoms with van der Waals surface area (Å²) in [5, 5.41) is 15.1. The van der Waals surface area contributed by atoms with Crippen LogP contribution in [-0.2, 0) is 11.4 Å². The van der Waals surface area contributed by atoms with Crippen LogP contribution in [0.1, 0.15) is 11.4 Å². The molecule has 7 nitrogen and oxygen atoms in total. The van der Waals surface area contributed by atoms with Crippen molar-refractivity contribution in [1.82, 2.24) is 14.7 Å². The molecule has 1 aromatic rings. The molecule has 0 amide bonds. The molecule has 0 aliphatic carbocycles. The van der Waals surface area contributed by atoms with Gasteiger partial charge in [0.1, 0.15) is 11.4 Å². The number of hydrogen-bond donors (Lipinski definition) is 0. The Morgan fingerprint density at radius 3 is 2.59 bits per heavy atom. The van der Waals surface area contributed by atoms with E-state index in [0.717, 1.165) is 13.1 Å². The molecule has 0 aromatic carbocycles. The lowest BCUT2D eigenvalue weighted by molar-refractivity contribution is -0.386. The van der Waals surface area contributed by atoms with Gasteiger partial charge < -0.3 is 4.74 Å². The Balaban J connectivity index is 2.15. The van der Waals surface area contributed by atoms with E-state index in [1.807, 2.05) is 0 Å². The van der Waals surface area contributed by atoms with Crippen LogP contribution in [0.3, 0.4) is 0 Å². The Morgan fingerprint density at radius 1 is 1.41 bits per heavy atom. The van der Waals surface area contributed by atoms with Crippen molar-refractivity contribution >= 4 is 5.69 Å². The van der Waals surface area contributed by atoms with Crippen LogP contribution in [0.4, 0.5) is 5.69 Å². The molecule has 2 rings (SSSR count). The van der Waals surface area contributed by atoms with E-state index in [-0.39, 0.29) is 10.6 Å². The average Bonchev–Trinajstić information content (AvgIpc) is 2.55. The minimum Gasteiger partial charge on any atom is -0.379 e. The van der Waals surface area contributed by atoms with Crippen LogP contribution in [0.15, 0.2) is 0 Å². The van der Waals surface area contributed by atoms with E-state index in [1.54, 1.807) is 18.5 Å². The average molecular weight is 240 g/mol. The van der Waals surface area contributed by atoms with Crippen LogP contribution < -0.4 is 0 Å². The highest BCUT2D eigenvalue weighted by Gasteiger charge is 2.23. The van der Waals surface area contributed by atoms with Crippen LogP contribution in [0, 0.1) is 24.0 Å². The fourth-order valence-corrected chi connectivity index (χ4v) is 2.02. The van der Waals surface area contributed by atoms with Crippen molar-refractivity contribution in [3.8, 4) is 0 Å². The number of ether oxygens (including phenoxy) is 1. The van der Waals surface area contributed by atoms with Crippen molar-refractivity contribution in [2.24, 2.45) is 0 Å². The topological polar surface area (TPSA) is 73.4 Å². The molecule has 0 bridgehead atoms. The molecule has 1 aliphatic heterocycles. The van der Waals surface area contributed by atoms with Crippen molar-refractivity contribution in [1.29, 1.82) is 0 Å². The summed E-state index contributed by atoms with van der Waals surface area (Å²) < 4.78 is 6.95. The van der Waals surface area contributed by atoms with Gasteiger partial charge in [-0.15, -0.1) is 0 Å². The van der Waals surface area contributed by atoms with Gasteiger partial charge in [0.25, 0.3) is 0 Å². The first-order valence-electron chi connectivity index (χ1n) is 5.58. The van der Waals surface area contributed by atoms with E-state index in [1.165, 1.54) is 0 Å². The first-order valence-corrected chi connectivity index (χ1v) is 5.58. The van der Waals surface area contributed by atoms with Crippen molar-refractivity contribution in [2.45, 2.75) is 20.5 Å². The third-order valence-electron chi connectivity index (χ3n) is 2.96. The highest BCUT2D eigenvalue weighted by Crippen LogP contribution is 2.21. The summed E-state index contributed by atoms with van der Waals surface area (Å²) in [5.41, 5.74) is 1.21. The lowest BCUT2D eigenvalue weighted by atomic mass is 10.3. The Hall–Kier alpha value is -1.47. The summed E-state index contributed by atoms with van der Waals surface area (Å²) in [6, 6.07) is 0. The highest BCUT2D eigenvalue weighted by atomic mass is 16.6. The fraction of sp³-hybridized carbons (Fsp3) is 0.700. The predicted octanol–water partition coefficient (Wildman–Crippen LogP) is 0.698. The number of aromatic nitrogens is 2. The smallest absolute Gasteiger partial charge is 0.312 e. The van der Waals surface area contributed by atoms with E-state index >= 15 is 0 Å². The molecule has 1 aliphatic rings. The molecule has 0 atom stereocenters. The van der Waals surface area contributed by atoms with E-state index in [2.05, 4.69) is 10.00 Å². The van der Waals surface area contributed by atoms with E-state index < -0.39 is 0 Å². The Morgan fingerprint density at radius 2 is 2.06 bits per heavy atom. The molecule has 0 spiro atoms. The number of nitro groups is 1. The molecule has 0 saturated carbocycles. The van der Waals surface area contributed by atoms with Crippen LogP contribution >= 0.6 is 0 Å². The molecule has 0 unspecified atom stereocenters. The molecular formula is C10H16N4O3. The van der Waals surface area contributed by atoms with E-state index in [4.69, 9.17) is 4.74 Å². The maximum atomic E-state index is 10.9. The largest absolute Gasteiger partial charge is 0.379 e. The third kappa shape index (κ3) is 2.45. The molecule has 0 radical (unpaired) electrons. The van der Waals surface area contributed by atoms with Gasteiger partial charge in [0, 0.05) is 13.1 Å². The van der Waals surface area contributed by atoms with Gasteiger partial charge in [-0.1, -0.05) is 0 Å². The lowest BCUT2D eigenvalue weighted by Crippen LogP contribution is -2.37. The number of nitrogens with zero attached hydrogens (tertiary/aromatic N) is 4. The van der Waals surface area contributed by atoms with Crippen molar-refractivity contribution in [3.05, 3.63) is 21.5 Å². The maximum Gasteiger partial charge on any atom is 0.312 e. The SMILES string of the molecule is Cc1nn(CN2CCOCC2)c(C)c1[N+](=O)[O-]. The summed E-state index contributed by atoms with van der Waals surface area (Å²) in [7, 11) is 0. The molecule has 1 aromatic heterocycles. The standard InChI is InChI=1S/C10H16N4O3/c1-8-10(14(15)16)9(2)13(11-8)7-12-3-5-17-6-4-12/h3-7H2,1-2H3. The van der Waals surface area contributed by atoms with Gasteiger partial charge >= 0.3 is 5.69 Å². The minimum atomic E-state index is -0.368. The minimum absolute atomic E-state index is 0.123. The first-order chi connectivity index (χ1) is 8.09. The highest BCUT2D eigenvalue weighted by molar-refractivity contribution is 5.39. The Labute approximate surface area is 99.1 Å². The monoisotopic (exact) mass is 240 g/mol. The van der Waals surface area contributed by atoms with Crippen LogP contribution in [0.2, 0.25) is 0 Å². The summed E-state index contributed by atoms with van der Waals surface area (Å²) >= 11 is 0. The van der Waals surface area contributed by atoms with Gasteiger partial charge in [0.05, 0.1) is 24.8 Å². The van der Waals surface area contributed by atoms with Gasteiger partial charge in [-0.25, -0.2) is 4.68 Å². The number of hydrogen-bond acceptors (Lipinski definition) is 5. The van der Waals surface area contributed by atoms with Crippen LogP contribution in [0.25, 0.3) is 0 Å². The van der Waals surface area contributed by atoms with Crippen molar-refractivity contribution < 1.29 is 9.66 Å². The predicted molar refractivity (Wildman–Crippen MR) is 60.7 cm³/mol. The third-order valence-corrected chi connectivity index (χ3v) is 2.96. The molecule has 94 valence electrons. The lowest BCUT2D eigenvalue weighted by Gasteiger charge is -2.26. The zero-order valence-corrected chi connectivity index (χ0v) is 10.0. The van der Waals surface area contributed by atoms with Gasteiger partial charge in [-0.3, -0.25) is 15.0 Å². The second kappa shape index (κ2) is 4.80.